The second-order valence-electron chi connectivity index (χ2n) is 2.24. The minimum Gasteiger partial charge on any atom is -0.368 e. The van der Waals surface area contributed by atoms with Crippen LogP contribution in [0.15, 0.2) is 11.1 Å². The Bertz CT molecular complexity index is 417. The lowest BCUT2D eigenvalue weighted by atomic mass is 10.4. The molecule has 0 saturated heterocycles. The third-order valence-corrected chi connectivity index (χ3v) is 2.56. The molecular weight excluding hydrogens is 212 g/mol. The Morgan fingerprint density at radius 2 is 2.15 bits per heavy atom. The summed E-state index contributed by atoms with van der Waals surface area (Å²) in [4.78, 5) is 7.07. The van der Waals surface area contributed by atoms with Gasteiger partial charge in [-0.25, -0.2) is 23.5 Å². The summed E-state index contributed by atoms with van der Waals surface area (Å²) in [5.41, 5.74) is 5.46. The normalized spacial score (nSPS) is 11.5. The van der Waals surface area contributed by atoms with Crippen molar-refractivity contribution in [3.8, 4) is 0 Å². The smallest absolute Gasteiger partial charge is 0.241 e. The number of nitrogens with zero attached hydrogens (tertiary/aromatic N) is 2. The number of nitrogens with two attached hydrogens (primary N) is 2. The van der Waals surface area contributed by atoms with Gasteiger partial charge in [0.2, 0.25) is 16.0 Å². The highest BCUT2D eigenvalue weighted by atomic mass is 32.2. The molecule has 1 rings (SSSR count). The zero-order chi connectivity index (χ0) is 10.1. The summed E-state index contributed by atoms with van der Waals surface area (Å²) in [6, 6.07) is 0. The second-order valence-corrected chi connectivity index (χ2v) is 4.09. The molecule has 0 unspecified atom stereocenters. The van der Waals surface area contributed by atoms with Gasteiger partial charge in [0.25, 0.3) is 0 Å². The Balaban J connectivity index is 3.39. The summed E-state index contributed by atoms with van der Waals surface area (Å²) in [6.45, 7) is 0. The molecule has 0 fully saturated rings. The van der Waals surface area contributed by atoms with Crippen molar-refractivity contribution in [1.29, 1.82) is 0 Å². The number of aromatic nitrogens is 2. The fourth-order valence-corrected chi connectivity index (χ4v) is 1.77. The van der Waals surface area contributed by atoms with E-state index >= 15 is 0 Å². The van der Waals surface area contributed by atoms with Crippen LogP contribution >= 0.6 is 12.6 Å². The zero-order valence-corrected chi connectivity index (χ0v) is 8.22. The van der Waals surface area contributed by atoms with Crippen LogP contribution in [0.25, 0.3) is 0 Å². The Morgan fingerprint density at radius 1 is 1.54 bits per heavy atom. The van der Waals surface area contributed by atoms with Crippen molar-refractivity contribution in [2.75, 3.05) is 5.73 Å². The minimum absolute atomic E-state index is 0.00329. The van der Waals surface area contributed by atoms with E-state index in [1.165, 1.54) is 0 Å². The molecule has 0 spiro atoms. The molecule has 0 saturated carbocycles. The summed E-state index contributed by atoms with van der Waals surface area (Å²) in [5.74, 6) is 0.134. The molecule has 4 N–H and O–H groups in total. The minimum atomic E-state index is -3.79. The molecule has 0 aliphatic rings. The van der Waals surface area contributed by atoms with Gasteiger partial charge in [0.05, 0.1) is 11.9 Å². The van der Waals surface area contributed by atoms with E-state index in [-0.39, 0.29) is 22.3 Å². The van der Waals surface area contributed by atoms with Crippen molar-refractivity contribution in [3.05, 3.63) is 11.9 Å². The van der Waals surface area contributed by atoms with Gasteiger partial charge in [0.1, 0.15) is 4.90 Å². The number of nitrogen functional groups attached to an aromatic ring is 1. The van der Waals surface area contributed by atoms with Crippen molar-refractivity contribution in [1.82, 2.24) is 9.97 Å². The monoisotopic (exact) mass is 220 g/mol. The van der Waals surface area contributed by atoms with E-state index in [1.54, 1.807) is 0 Å². The van der Waals surface area contributed by atoms with Gasteiger partial charge in [-0.1, -0.05) is 0 Å². The van der Waals surface area contributed by atoms with E-state index < -0.39 is 10.0 Å². The molecule has 0 radical (unpaired) electrons. The van der Waals surface area contributed by atoms with Crippen LogP contribution in [-0.4, -0.2) is 18.4 Å². The summed E-state index contributed by atoms with van der Waals surface area (Å²) in [5, 5.41) is 4.90. The number of thiol groups is 1. The molecule has 13 heavy (non-hydrogen) atoms. The van der Waals surface area contributed by atoms with Gasteiger partial charge in [0.15, 0.2) is 0 Å². The number of hydrogen-bond acceptors (Lipinski definition) is 6. The zero-order valence-electron chi connectivity index (χ0n) is 6.51. The van der Waals surface area contributed by atoms with Crippen molar-refractivity contribution in [2.24, 2.45) is 5.14 Å². The van der Waals surface area contributed by atoms with Crippen LogP contribution in [0, 0.1) is 0 Å². The quantitative estimate of drug-likeness (QED) is 0.561. The lowest BCUT2D eigenvalue weighted by molar-refractivity contribution is 0.596. The van der Waals surface area contributed by atoms with Gasteiger partial charge in [-0.2, -0.15) is 12.6 Å². The highest BCUT2D eigenvalue weighted by Gasteiger charge is 2.14. The third-order valence-electron chi connectivity index (χ3n) is 1.30. The molecule has 72 valence electrons. The molecule has 1 aromatic heterocycles. The Kier molecular flexibility index (Phi) is 2.74. The highest BCUT2D eigenvalue weighted by molar-refractivity contribution is 7.89. The number of sulfonamides is 1. The van der Waals surface area contributed by atoms with Crippen LogP contribution in [0.3, 0.4) is 0 Å². The molecule has 0 aliphatic carbocycles. The largest absolute Gasteiger partial charge is 0.368 e. The molecule has 8 heteroatoms. The van der Waals surface area contributed by atoms with Crippen LogP contribution in [0.1, 0.15) is 5.69 Å². The second kappa shape index (κ2) is 3.48. The standard InChI is InChI=1S/C5H8N4O2S2/c6-5-8-1-4(13(7,10)11)3(2-12)9-5/h1,12H,2H2,(H2,6,8,9)(H2,7,10,11). The van der Waals surface area contributed by atoms with E-state index in [4.69, 9.17) is 10.9 Å². The maximum atomic E-state index is 10.9. The fourth-order valence-electron chi connectivity index (χ4n) is 0.772. The maximum Gasteiger partial charge on any atom is 0.241 e. The van der Waals surface area contributed by atoms with Crippen molar-refractivity contribution in [2.45, 2.75) is 10.6 Å². The van der Waals surface area contributed by atoms with Crippen LogP contribution in [0.4, 0.5) is 5.95 Å². The van der Waals surface area contributed by atoms with Crippen LogP contribution in [0.2, 0.25) is 0 Å². The van der Waals surface area contributed by atoms with E-state index in [1.807, 2.05) is 0 Å². The highest BCUT2D eigenvalue weighted by Crippen LogP contribution is 2.13. The van der Waals surface area contributed by atoms with E-state index in [0.717, 1.165) is 6.20 Å². The first-order valence-electron chi connectivity index (χ1n) is 3.20. The molecule has 6 nitrogen and oxygen atoms in total. The van der Waals surface area contributed by atoms with Crippen molar-refractivity contribution >= 4 is 28.6 Å². The lowest BCUT2D eigenvalue weighted by Crippen LogP contribution is -2.16. The van der Waals surface area contributed by atoms with Crippen LogP contribution in [-0.2, 0) is 15.8 Å². The van der Waals surface area contributed by atoms with E-state index in [0.29, 0.717) is 0 Å². The summed E-state index contributed by atoms with van der Waals surface area (Å²) in [6.07, 6.45) is 1.07. The Morgan fingerprint density at radius 3 is 2.62 bits per heavy atom. The number of anilines is 1. The predicted molar refractivity (Wildman–Crippen MR) is 50.5 cm³/mol. The lowest BCUT2D eigenvalue weighted by Gasteiger charge is -2.03. The summed E-state index contributed by atoms with van der Waals surface area (Å²) < 4.78 is 21.9. The summed E-state index contributed by atoms with van der Waals surface area (Å²) >= 11 is 3.89. The first-order chi connectivity index (χ1) is 5.95. The van der Waals surface area contributed by atoms with Gasteiger partial charge >= 0.3 is 0 Å². The maximum absolute atomic E-state index is 10.9. The molecule has 0 atom stereocenters. The fraction of sp³-hybridized carbons (Fsp3) is 0.200. The van der Waals surface area contributed by atoms with Crippen LogP contribution < -0.4 is 10.9 Å². The van der Waals surface area contributed by atoms with Gasteiger partial charge < -0.3 is 5.73 Å². The average molecular weight is 220 g/mol. The molecule has 0 aliphatic heterocycles. The molecule has 0 bridgehead atoms. The molecule has 0 aromatic carbocycles. The van der Waals surface area contributed by atoms with Gasteiger partial charge in [-0.15, -0.1) is 0 Å². The van der Waals surface area contributed by atoms with Gasteiger partial charge in [-0.05, 0) is 0 Å². The van der Waals surface area contributed by atoms with Crippen molar-refractivity contribution < 1.29 is 8.42 Å². The molecule has 0 amide bonds. The molecule has 1 aromatic rings. The molecular formula is C5H8N4O2S2. The third kappa shape index (κ3) is 2.29. The number of rotatable bonds is 2. The summed E-state index contributed by atoms with van der Waals surface area (Å²) in [7, 11) is -3.79. The molecule has 1 heterocycles. The topological polar surface area (TPSA) is 112 Å². The van der Waals surface area contributed by atoms with E-state index in [9.17, 15) is 8.42 Å². The average Bonchev–Trinajstić information content (AvgIpc) is 2.01. The van der Waals surface area contributed by atoms with Crippen molar-refractivity contribution in [3.63, 3.8) is 0 Å². The van der Waals surface area contributed by atoms with Gasteiger partial charge in [-0.3, -0.25) is 0 Å². The van der Waals surface area contributed by atoms with Crippen LogP contribution in [0.5, 0.6) is 0 Å². The number of hydrogen-bond donors (Lipinski definition) is 3. The SMILES string of the molecule is Nc1ncc(S(N)(=O)=O)c(CS)n1. The first kappa shape index (κ1) is 10.2. The Labute approximate surface area is 80.8 Å². The van der Waals surface area contributed by atoms with Gasteiger partial charge in [0, 0.05) is 5.75 Å². The predicted octanol–water partition coefficient (Wildman–Crippen LogP) is -0.864. The van der Waals surface area contributed by atoms with E-state index in [2.05, 4.69) is 22.6 Å². The Hall–Kier alpha value is -0.860. The number of primary sulfonamides is 1. The first-order valence-corrected chi connectivity index (χ1v) is 5.38.